The van der Waals surface area contributed by atoms with Crippen LogP contribution in [0.5, 0.6) is 34.5 Å². The van der Waals surface area contributed by atoms with Crippen molar-refractivity contribution < 1.29 is 14.2 Å². The molecule has 3 nitrogen and oxygen atoms in total. The predicted octanol–water partition coefficient (Wildman–Crippen LogP) is 6.86. The standard InChI is InChI=1S/C24H17O3/c1-4-10-19(11-5-1)25-22-16-17-23(26-20-12-6-2-7-13-20)24(18-22)27-21-14-8-3-9-15-21/h1-17H. The minimum Gasteiger partial charge on any atom is -0.457 e. The molecule has 4 aromatic carbocycles. The molecule has 0 bridgehead atoms. The number of hydrogen-bond acceptors (Lipinski definition) is 3. The topological polar surface area (TPSA) is 27.7 Å². The van der Waals surface area contributed by atoms with Gasteiger partial charge in [-0.2, -0.15) is 0 Å². The number of para-hydroxylation sites is 3. The van der Waals surface area contributed by atoms with Crippen LogP contribution < -0.4 is 14.2 Å². The Labute approximate surface area is 158 Å². The summed E-state index contributed by atoms with van der Waals surface area (Å²) in [5, 5.41) is 0. The fourth-order valence-corrected chi connectivity index (χ4v) is 2.50. The Hall–Kier alpha value is -3.72. The van der Waals surface area contributed by atoms with E-state index >= 15 is 0 Å². The van der Waals surface area contributed by atoms with Gasteiger partial charge in [0.1, 0.15) is 23.0 Å². The van der Waals surface area contributed by atoms with E-state index in [9.17, 15) is 0 Å². The first-order valence-electron chi connectivity index (χ1n) is 8.62. The Morgan fingerprint density at radius 3 is 1.48 bits per heavy atom. The summed E-state index contributed by atoms with van der Waals surface area (Å²) in [4.78, 5) is 0. The van der Waals surface area contributed by atoms with Crippen LogP contribution in [0.4, 0.5) is 0 Å². The number of benzene rings is 4. The highest BCUT2D eigenvalue weighted by Crippen LogP contribution is 2.38. The van der Waals surface area contributed by atoms with Crippen molar-refractivity contribution in [2.75, 3.05) is 0 Å². The van der Waals surface area contributed by atoms with Crippen LogP contribution in [0.3, 0.4) is 0 Å². The first kappa shape index (κ1) is 16.7. The normalized spacial score (nSPS) is 10.2. The number of rotatable bonds is 6. The van der Waals surface area contributed by atoms with Gasteiger partial charge in [0, 0.05) is 0 Å². The zero-order valence-electron chi connectivity index (χ0n) is 14.5. The summed E-state index contributed by atoms with van der Waals surface area (Å²) in [6.07, 6.45) is 0. The van der Waals surface area contributed by atoms with Gasteiger partial charge < -0.3 is 14.2 Å². The molecule has 0 unspecified atom stereocenters. The average molecular weight is 353 g/mol. The van der Waals surface area contributed by atoms with E-state index in [1.165, 1.54) is 0 Å². The Bertz CT molecular complexity index is 984. The van der Waals surface area contributed by atoms with Crippen LogP contribution >= 0.6 is 0 Å². The molecule has 27 heavy (non-hydrogen) atoms. The molecule has 0 heterocycles. The molecule has 0 fully saturated rings. The van der Waals surface area contributed by atoms with E-state index in [0.717, 1.165) is 11.5 Å². The van der Waals surface area contributed by atoms with Gasteiger partial charge in [0.15, 0.2) is 11.5 Å². The lowest BCUT2D eigenvalue weighted by Gasteiger charge is -2.14. The molecule has 0 aliphatic heterocycles. The van der Waals surface area contributed by atoms with E-state index in [-0.39, 0.29) is 0 Å². The molecule has 1 radical (unpaired) electrons. The second-order valence-corrected chi connectivity index (χ2v) is 5.76. The minimum absolute atomic E-state index is 0.457. The Morgan fingerprint density at radius 2 is 0.926 bits per heavy atom. The second kappa shape index (κ2) is 8.11. The third kappa shape index (κ3) is 4.47. The third-order valence-corrected chi connectivity index (χ3v) is 3.75. The summed E-state index contributed by atoms with van der Waals surface area (Å²) < 4.78 is 17.8. The van der Waals surface area contributed by atoms with E-state index in [0.29, 0.717) is 23.0 Å². The maximum absolute atomic E-state index is 6.00. The van der Waals surface area contributed by atoms with E-state index < -0.39 is 0 Å². The first-order chi connectivity index (χ1) is 13.4. The Kier molecular flexibility index (Phi) is 5.02. The predicted molar refractivity (Wildman–Crippen MR) is 105 cm³/mol. The van der Waals surface area contributed by atoms with Crippen LogP contribution in [0.1, 0.15) is 0 Å². The molecule has 131 valence electrons. The Morgan fingerprint density at radius 1 is 0.444 bits per heavy atom. The molecule has 4 aromatic rings. The lowest BCUT2D eigenvalue weighted by Crippen LogP contribution is -1.92. The second-order valence-electron chi connectivity index (χ2n) is 5.76. The lowest BCUT2D eigenvalue weighted by atomic mass is 10.2. The van der Waals surface area contributed by atoms with Crippen molar-refractivity contribution in [2.24, 2.45) is 0 Å². The van der Waals surface area contributed by atoms with Crippen molar-refractivity contribution in [3.8, 4) is 34.5 Å². The van der Waals surface area contributed by atoms with Gasteiger partial charge in [0.2, 0.25) is 0 Å². The van der Waals surface area contributed by atoms with Gasteiger partial charge in [0.05, 0.1) is 6.07 Å². The fourth-order valence-electron chi connectivity index (χ4n) is 2.50. The zero-order valence-corrected chi connectivity index (χ0v) is 14.5. The van der Waals surface area contributed by atoms with Gasteiger partial charge in [0.25, 0.3) is 0 Å². The van der Waals surface area contributed by atoms with E-state index in [1.54, 1.807) is 0 Å². The minimum atomic E-state index is 0.457. The fraction of sp³-hybridized carbons (Fsp3) is 0. The van der Waals surface area contributed by atoms with Gasteiger partial charge >= 0.3 is 0 Å². The maximum atomic E-state index is 6.00. The Balaban J connectivity index is 1.65. The lowest BCUT2D eigenvalue weighted by molar-refractivity contribution is 0.411. The molecule has 4 rings (SSSR count). The molecule has 0 saturated heterocycles. The van der Waals surface area contributed by atoms with Crippen molar-refractivity contribution in [3.63, 3.8) is 0 Å². The summed E-state index contributed by atoms with van der Waals surface area (Å²) in [6.45, 7) is 0. The summed E-state index contributed by atoms with van der Waals surface area (Å²) in [6, 6.07) is 35.4. The quantitative estimate of drug-likeness (QED) is 0.379. The highest BCUT2D eigenvalue weighted by atomic mass is 16.5. The molecule has 0 aromatic heterocycles. The number of ether oxygens (including phenoxy) is 3. The average Bonchev–Trinajstić information content (AvgIpc) is 2.72. The van der Waals surface area contributed by atoms with Gasteiger partial charge in [-0.3, -0.25) is 0 Å². The molecule has 0 aliphatic rings. The molecule has 0 amide bonds. The third-order valence-electron chi connectivity index (χ3n) is 3.75. The van der Waals surface area contributed by atoms with Gasteiger partial charge in [-0.05, 0) is 48.5 Å². The highest BCUT2D eigenvalue weighted by Gasteiger charge is 2.11. The van der Waals surface area contributed by atoms with E-state index in [4.69, 9.17) is 14.2 Å². The molecule has 0 N–H and O–H groups in total. The van der Waals surface area contributed by atoms with Crippen LogP contribution in [-0.4, -0.2) is 0 Å². The maximum Gasteiger partial charge on any atom is 0.181 e. The van der Waals surface area contributed by atoms with Gasteiger partial charge in [-0.25, -0.2) is 0 Å². The largest absolute Gasteiger partial charge is 0.457 e. The van der Waals surface area contributed by atoms with Crippen molar-refractivity contribution >= 4 is 0 Å². The monoisotopic (exact) mass is 353 g/mol. The van der Waals surface area contributed by atoms with E-state index in [2.05, 4.69) is 6.07 Å². The van der Waals surface area contributed by atoms with Gasteiger partial charge in [-0.1, -0.05) is 54.6 Å². The van der Waals surface area contributed by atoms with Crippen molar-refractivity contribution in [3.05, 3.63) is 109 Å². The van der Waals surface area contributed by atoms with E-state index in [1.807, 2.05) is 103 Å². The molecule has 0 aliphatic carbocycles. The van der Waals surface area contributed by atoms with Crippen molar-refractivity contribution in [1.82, 2.24) is 0 Å². The van der Waals surface area contributed by atoms with Crippen LogP contribution in [0, 0.1) is 6.07 Å². The summed E-state index contributed by atoms with van der Waals surface area (Å²) >= 11 is 0. The van der Waals surface area contributed by atoms with Crippen molar-refractivity contribution in [2.45, 2.75) is 0 Å². The summed E-state index contributed by atoms with van der Waals surface area (Å²) in [5.74, 6) is 3.72. The molecular weight excluding hydrogens is 336 g/mol. The van der Waals surface area contributed by atoms with Crippen molar-refractivity contribution in [1.29, 1.82) is 0 Å². The SMILES string of the molecule is [c]1c(Oc2ccccc2)ccc(Oc2ccccc2)c1Oc1ccccc1. The molecular formula is C24H17O3. The van der Waals surface area contributed by atoms with Gasteiger partial charge in [-0.15, -0.1) is 0 Å². The summed E-state index contributed by atoms with van der Waals surface area (Å²) in [7, 11) is 0. The highest BCUT2D eigenvalue weighted by molar-refractivity contribution is 5.49. The summed E-state index contributed by atoms with van der Waals surface area (Å²) in [5.41, 5.74) is 0. The van der Waals surface area contributed by atoms with Crippen LogP contribution in [0.15, 0.2) is 103 Å². The number of hydrogen-bond donors (Lipinski definition) is 0. The molecule has 0 atom stereocenters. The van der Waals surface area contributed by atoms with Crippen LogP contribution in [-0.2, 0) is 0 Å². The molecule has 0 spiro atoms. The molecule has 0 saturated carbocycles. The first-order valence-corrected chi connectivity index (χ1v) is 8.62. The smallest absolute Gasteiger partial charge is 0.181 e. The molecule has 3 heteroatoms. The zero-order chi connectivity index (χ0) is 18.3. The van der Waals surface area contributed by atoms with Crippen LogP contribution in [0.2, 0.25) is 0 Å². The van der Waals surface area contributed by atoms with Crippen LogP contribution in [0.25, 0.3) is 0 Å².